The molecule has 0 aromatic heterocycles. The van der Waals surface area contributed by atoms with Gasteiger partial charge in [0.1, 0.15) is 12.1 Å². The van der Waals surface area contributed by atoms with Gasteiger partial charge in [0.05, 0.1) is 13.2 Å². The molecule has 2 atom stereocenters. The third-order valence-corrected chi connectivity index (χ3v) is 5.82. The van der Waals surface area contributed by atoms with E-state index < -0.39 is 35.8 Å². The van der Waals surface area contributed by atoms with Crippen molar-refractivity contribution in [2.24, 2.45) is 0 Å². The summed E-state index contributed by atoms with van der Waals surface area (Å²) in [6, 6.07) is 0.859. The average Bonchev–Trinajstić information content (AvgIpc) is 2.80. The van der Waals surface area contributed by atoms with Crippen molar-refractivity contribution in [2.75, 3.05) is 13.2 Å². The van der Waals surface area contributed by atoms with Crippen LogP contribution in [0.1, 0.15) is 73.4 Å². The van der Waals surface area contributed by atoms with E-state index in [1.165, 1.54) is 26.0 Å². The molecule has 1 aromatic carbocycles. The van der Waals surface area contributed by atoms with Gasteiger partial charge in [-0.15, -0.1) is 0 Å². The van der Waals surface area contributed by atoms with Gasteiger partial charge in [0.25, 0.3) is 0 Å². The number of hydrogen-bond donors (Lipinski definition) is 2. The van der Waals surface area contributed by atoms with Crippen LogP contribution >= 0.6 is 0 Å². The summed E-state index contributed by atoms with van der Waals surface area (Å²) < 4.78 is 10.2. The minimum atomic E-state index is -1.08. The van der Waals surface area contributed by atoms with Crippen LogP contribution in [0.2, 0.25) is 0 Å². The van der Waals surface area contributed by atoms with Gasteiger partial charge in [-0.1, -0.05) is 0 Å². The summed E-state index contributed by atoms with van der Waals surface area (Å²) in [4.78, 5) is 74.7. The Balaban J connectivity index is 2.66. The van der Waals surface area contributed by atoms with Crippen molar-refractivity contribution in [1.29, 1.82) is 0 Å². The van der Waals surface area contributed by atoms with Crippen molar-refractivity contribution in [3.8, 4) is 0 Å². The molecule has 0 saturated carbocycles. The molecule has 0 heterocycles. The summed E-state index contributed by atoms with van der Waals surface area (Å²) >= 11 is 0. The average molecular weight is 501 g/mol. The van der Waals surface area contributed by atoms with Crippen LogP contribution in [0.25, 0.3) is 0 Å². The highest BCUT2D eigenvalue weighted by Crippen LogP contribution is 2.30. The Morgan fingerprint density at radius 3 is 1.33 bits per heavy atom. The fourth-order valence-electron chi connectivity index (χ4n) is 3.99. The number of Topliss-reactive ketones (excluding diaryl/α,β-unsaturated/α-hetero) is 2. The Labute approximate surface area is 209 Å². The summed E-state index contributed by atoms with van der Waals surface area (Å²) in [6.45, 7) is 9.10. The van der Waals surface area contributed by atoms with Gasteiger partial charge in [-0.05, 0) is 51.0 Å². The van der Waals surface area contributed by atoms with Gasteiger partial charge in [-0.3, -0.25) is 19.2 Å². The Morgan fingerprint density at radius 2 is 1.06 bits per heavy atom. The van der Waals surface area contributed by atoms with Crippen LogP contribution in [0.5, 0.6) is 0 Å². The molecular weight excluding hydrogens is 468 g/mol. The first kappa shape index (κ1) is 28.4. The second kappa shape index (κ2) is 12.2. The zero-order valence-electron chi connectivity index (χ0n) is 21.4. The van der Waals surface area contributed by atoms with Crippen molar-refractivity contribution < 1.29 is 38.2 Å². The molecule has 2 rings (SSSR count). The van der Waals surface area contributed by atoms with Gasteiger partial charge in [0, 0.05) is 49.0 Å². The molecule has 0 aliphatic heterocycles. The van der Waals surface area contributed by atoms with Gasteiger partial charge in [0.15, 0.2) is 11.6 Å². The molecule has 0 fully saturated rings. The number of fused-ring (bicyclic) bond motifs is 1. The Morgan fingerprint density at radius 1 is 0.722 bits per heavy atom. The van der Waals surface area contributed by atoms with Crippen LogP contribution in [0.15, 0.2) is 23.3 Å². The molecule has 0 spiro atoms. The number of hydrogen-bond acceptors (Lipinski definition) is 8. The van der Waals surface area contributed by atoms with E-state index in [1.807, 2.05) is 0 Å². The van der Waals surface area contributed by atoms with Crippen molar-refractivity contribution in [3.63, 3.8) is 0 Å². The Kier molecular flexibility index (Phi) is 9.66. The quantitative estimate of drug-likeness (QED) is 0.461. The number of ketones is 2. The minimum absolute atomic E-state index is 0.0696. The van der Waals surface area contributed by atoms with E-state index in [9.17, 15) is 28.8 Å². The molecule has 10 heteroatoms. The van der Waals surface area contributed by atoms with E-state index in [0.29, 0.717) is 22.3 Å². The predicted octanol–water partition coefficient (Wildman–Crippen LogP) is 1.62. The minimum Gasteiger partial charge on any atom is -0.464 e. The third-order valence-electron chi connectivity index (χ3n) is 5.82. The number of carbonyl (C=O) groups is 6. The van der Waals surface area contributed by atoms with Crippen LogP contribution in [-0.2, 0) is 41.5 Å². The summed E-state index contributed by atoms with van der Waals surface area (Å²) in [5.41, 5.74) is 1.84. The lowest BCUT2D eigenvalue weighted by atomic mass is 9.81. The lowest BCUT2D eigenvalue weighted by Crippen LogP contribution is -2.44. The number of allylic oxidation sites excluding steroid dienone is 2. The molecule has 0 bridgehead atoms. The molecule has 1 aromatic rings. The van der Waals surface area contributed by atoms with Crippen LogP contribution in [-0.4, -0.2) is 60.6 Å². The molecule has 0 saturated heterocycles. The summed E-state index contributed by atoms with van der Waals surface area (Å²) in [7, 11) is 0. The molecule has 2 unspecified atom stereocenters. The van der Waals surface area contributed by atoms with Crippen molar-refractivity contribution in [1.82, 2.24) is 10.6 Å². The Hall–Kier alpha value is -3.82. The fourth-order valence-corrected chi connectivity index (χ4v) is 3.99. The number of ether oxygens (including phenoxy) is 2. The fraction of sp³-hybridized carbons (Fsp3) is 0.462. The maximum Gasteiger partial charge on any atom is 0.328 e. The highest BCUT2D eigenvalue weighted by molar-refractivity contribution is 6.26. The molecule has 2 N–H and O–H groups in total. The smallest absolute Gasteiger partial charge is 0.328 e. The molecular formula is C26H32N2O8. The normalized spacial score (nSPS) is 14.5. The van der Waals surface area contributed by atoms with Crippen molar-refractivity contribution >= 4 is 35.3 Å². The lowest BCUT2D eigenvalue weighted by Gasteiger charge is -2.24. The molecule has 1 aliphatic carbocycles. The van der Waals surface area contributed by atoms with Gasteiger partial charge in [-0.25, -0.2) is 9.59 Å². The summed E-state index contributed by atoms with van der Waals surface area (Å²) in [6.07, 6.45) is -0.139. The first-order valence-electron chi connectivity index (χ1n) is 11.7. The standard InChI is InChI=1S/C26H32N2O8/c1-7-35-25(33)21(27-15(5)29)11-17-9-19-20(24(32)14(4)13(3)23(19)31)10-18(17)12-22(28-16(6)30)26(34)36-8-2/h9-10,21-22H,7-8,11-12H2,1-6H3,(H,27,29)(H,28,30). The first-order chi connectivity index (χ1) is 16.9. The zero-order chi connectivity index (χ0) is 27.2. The number of esters is 2. The van der Waals surface area contributed by atoms with Crippen molar-refractivity contribution in [3.05, 3.63) is 45.5 Å². The van der Waals surface area contributed by atoms with Crippen LogP contribution in [0.3, 0.4) is 0 Å². The molecule has 36 heavy (non-hydrogen) atoms. The van der Waals surface area contributed by atoms with E-state index in [-0.39, 0.29) is 48.7 Å². The highest BCUT2D eigenvalue weighted by atomic mass is 16.5. The number of nitrogens with one attached hydrogen (secondary N) is 2. The highest BCUT2D eigenvalue weighted by Gasteiger charge is 2.32. The van der Waals surface area contributed by atoms with Crippen LogP contribution in [0, 0.1) is 0 Å². The van der Waals surface area contributed by atoms with Crippen LogP contribution < -0.4 is 10.6 Å². The van der Waals surface area contributed by atoms with E-state index in [2.05, 4.69) is 10.6 Å². The van der Waals surface area contributed by atoms with Crippen LogP contribution in [0.4, 0.5) is 0 Å². The second-order valence-corrected chi connectivity index (χ2v) is 8.49. The topological polar surface area (TPSA) is 145 Å². The lowest BCUT2D eigenvalue weighted by molar-refractivity contribution is -0.147. The molecule has 194 valence electrons. The van der Waals surface area contributed by atoms with Gasteiger partial charge >= 0.3 is 11.9 Å². The first-order valence-corrected chi connectivity index (χ1v) is 11.7. The summed E-state index contributed by atoms with van der Waals surface area (Å²) in [5.74, 6) is -2.92. The molecule has 2 amide bonds. The van der Waals surface area contributed by atoms with E-state index in [0.717, 1.165) is 0 Å². The monoisotopic (exact) mass is 500 g/mol. The predicted molar refractivity (Wildman–Crippen MR) is 129 cm³/mol. The van der Waals surface area contributed by atoms with E-state index in [1.54, 1.807) is 27.7 Å². The molecule has 10 nitrogen and oxygen atoms in total. The molecule has 1 aliphatic rings. The van der Waals surface area contributed by atoms with Crippen molar-refractivity contribution in [2.45, 2.75) is 66.5 Å². The SMILES string of the molecule is CCOC(=O)C(Cc1cc2c(cc1CC(NC(C)=O)C(=O)OCC)C(=O)C(C)=C(C)C2=O)NC(C)=O. The summed E-state index contributed by atoms with van der Waals surface area (Å²) in [5, 5.41) is 5.10. The number of amides is 2. The maximum absolute atomic E-state index is 13.0. The largest absolute Gasteiger partial charge is 0.464 e. The maximum atomic E-state index is 13.0. The second-order valence-electron chi connectivity index (χ2n) is 8.49. The number of rotatable bonds is 10. The van der Waals surface area contributed by atoms with E-state index >= 15 is 0 Å². The number of benzene rings is 1. The van der Waals surface area contributed by atoms with E-state index in [4.69, 9.17) is 9.47 Å². The zero-order valence-corrected chi connectivity index (χ0v) is 21.4. The number of carbonyl (C=O) groups excluding carboxylic acids is 6. The Bertz CT molecular complexity index is 1050. The molecule has 0 radical (unpaired) electrons. The van der Waals surface area contributed by atoms with Gasteiger partial charge in [0.2, 0.25) is 11.8 Å². The van der Waals surface area contributed by atoms with Gasteiger partial charge in [-0.2, -0.15) is 0 Å². The third kappa shape index (κ3) is 6.65. The van der Waals surface area contributed by atoms with Gasteiger partial charge < -0.3 is 20.1 Å².